The number of fused-ring (bicyclic) bond motifs is 3. The van der Waals surface area contributed by atoms with E-state index in [1.807, 2.05) is 32.9 Å². The third kappa shape index (κ3) is 8.60. The van der Waals surface area contributed by atoms with Crippen LogP contribution in [0.5, 0.6) is 5.88 Å². The summed E-state index contributed by atoms with van der Waals surface area (Å²) in [5.41, 5.74) is -2.33. The summed E-state index contributed by atoms with van der Waals surface area (Å²) in [7, 11) is -3.97. The number of carbonyl (C=O) groups excluding carboxylic acids is 4. The molecule has 0 unspecified atom stereocenters. The van der Waals surface area contributed by atoms with Crippen molar-refractivity contribution in [3.63, 3.8) is 0 Å². The molecule has 3 heterocycles. The minimum atomic E-state index is -3.97. The summed E-state index contributed by atoms with van der Waals surface area (Å²) >= 11 is 0. The van der Waals surface area contributed by atoms with Gasteiger partial charge in [-0.05, 0) is 110 Å². The first-order chi connectivity index (χ1) is 26.1. The number of hydrogen-bond donors (Lipinski definition) is 1. The summed E-state index contributed by atoms with van der Waals surface area (Å²) in [6.45, 7) is 14.7. The fraction of sp³-hybridized carbons (Fsp3) is 0.667. The van der Waals surface area contributed by atoms with Gasteiger partial charge in [-0.15, -0.1) is 5.10 Å². The molecule has 1 N–H and O–H groups in total. The average Bonchev–Trinajstić information content (AvgIpc) is 3.99. The molecule has 2 aliphatic heterocycles. The Morgan fingerprint density at radius 2 is 1.73 bits per heavy atom. The van der Waals surface area contributed by atoms with Crippen molar-refractivity contribution in [1.82, 2.24) is 19.4 Å². The summed E-state index contributed by atoms with van der Waals surface area (Å²) in [4.78, 5) is 71.7. The number of Topliss-reactive ketones (excluding diaryl/α,β-unsaturated/α-hetero) is 1. The second-order valence-electron chi connectivity index (χ2n) is 18.4. The number of amides is 2. The number of benzene rings is 1. The molecule has 0 bridgehead atoms. The van der Waals surface area contributed by atoms with Crippen LogP contribution in [0.1, 0.15) is 119 Å². The first-order valence-electron chi connectivity index (χ1n) is 20.1. The summed E-state index contributed by atoms with van der Waals surface area (Å²) in [5, 5.41) is 5.49. The van der Waals surface area contributed by atoms with Gasteiger partial charge in [-0.3, -0.25) is 28.7 Å². The first-order valence-corrected chi connectivity index (χ1v) is 21.6. The van der Waals surface area contributed by atoms with Gasteiger partial charge in [0.05, 0.1) is 51.9 Å². The van der Waals surface area contributed by atoms with Gasteiger partial charge in [0.25, 0.3) is 5.56 Å². The summed E-state index contributed by atoms with van der Waals surface area (Å²) in [5.74, 6) is -3.00. The molecule has 0 radical (unpaired) electrons. The lowest BCUT2D eigenvalue weighted by molar-refractivity contribution is -0.160. The maximum atomic E-state index is 14.9. The number of nitrogens with zero attached hydrogens (tertiary/aromatic N) is 3. The van der Waals surface area contributed by atoms with Crippen LogP contribution in [-0.4, -0.2) is 75.7 Å². The lowest BCUT2D eigenvalue weighted by Crippen LogP contribution is -2.48. The summed E-state index contributed by atoms with van der Waals surface area (Å²) < 4.78 is 41.4. The van der Waals surface area contributed by atoms with Crippen LogP contribution in [0.4, 0.5) is 0 Å². The number of nitrogens with one attached hydrogen (secondary N) is 1. The van der Waals surface area contributed by atoms with Crippen LogP contribution in [0.3, 0.4) is 0 Å². The molecule has 3 fully saturated rings. The molecule has 13 nitrogen and oxygen atoms in total. The zero-order valence-corrected chi connectivity index (χ0v) is 34.8. The molecule has 2 aliphatic carbocycles. The van der Waals surface area contributed by atoms with Gasteiger partial charge in [0.1, 0.15) is 11.7 Å². The van der Waals surface area contributed by atoms with E-state index in [1.165, 1.54) is 9.58 Å². The predicted molar refractivity (Wildman–Crippen MR) is 211 cm³/mol. The van der Waals surface area contributed by atoms with Gasteiger partial charge in [-0.1, -0.05) is 38.1 Å². The van der Waals surface area contributed by atoms with Crippen molar-refractivity contribution in [2.24, 2.45) is 29.1 Å². The van der Waals surface area contributed by atoms with Crippen LogP contribution >= 0.6 is 0 Å². The van der Waals surface area contributed by atoms with Crippen LogP contribution < -0.4 is 15.0 Å². The standard InChI is InChI=1S/C42H58N4O9S/c1-25(2)46-38(50)31-16-12-11-15-30(31)36(43-46)54-29-20-33-34(47)23-42(39(51)44-56(52,53)41(8)17-18-41)22-28(42)14-10-9-13-26(3)19-27(4)32(37(49)45(33)24-29)21-35(48)55-40(5,6)7/h10-12,14-16,25-29,32-33H,9,13,17-24H2,1-8H3,(H,44,51)/b14-10-/t26-,27+,28+,29+,32-,33-,42+/m0/s1. The van der Waals surface area contributed by atoms with Crippen molar-refractivity contribution < 1.29 is 37.1 Å². The maximum absolute atomic E-state index is 14.9. The van der Waals surface area contributed by atoms with Crippen LogP contribution in [0, 0.1) is 29.1 Å². The maximum Gasteiger partial charge on any atom is 0.307 e. The Morgan fingerprint density at radius 3 is 2.38 bits per heavy atom. The van der Waals surface area contributed by atoms with Crippen molar-refractivity contribution >= 4 is 44.4 Å². The molecule has 7 atom stereocenters. The molecular formula is C42H58N4O9S. The number of hydrogen-bond acceptors (Lipinski definition) is 10. The Bertz CT molecular complexity index is 2080. The second kappa shape index (κ2) is 15.4. The van der Waals surface area contributed by atoms with Gasteiger partial charge in [-0.25, -0.2) is 13.1 Å². The van der Waals surface area contributed by atoms with Crippen molar-refractivity contribution in [3.05, 3.63) is 46.8 Å². The highest BCUT2D eigenvalue weighted by Crippen LogP contribution is 2.57. The lowest BCUT2D eigenvalue weighted by Gasteiger charge is -2.32. The van der Waals surface area contributed by atoms with Crippen LogP contribution in [-0.2, 0) is 33.9 Å². The highest BCUT2D eigenvalue weighted by atomic mass is 32.2. The fourth-order valence-corrected chi connectivity index (χ4v) is 9.75. The van der Waals surface area contributed by atoms with Crippen molar-refractivity contribution in [1.29, 1.82) is 0 Å². The fourth-order valence-electron chi connectivity index (χ4n) is 8.42. The Labute approximate surface area is 330 Å². The van der Waals surface area contributed by atoms with E-state index in [0.717, 1.165) is 6.42 Å². The van der Waals surface area contributed by atoms with Gasteiger partial charge < -0.3 is 14.4 Å². The van der Waals surface area contributed by atoms with Gasteiger partial charge in [0.2, 0.25) is 27.7 Å². The highest BCUT2D eigenvalue weighted by Gasteiger charge is 2.62. The van der Waals surface area contributed by atoms with E-state index >= 15 is 0 Å². The number of aromatic nitrogens is 2. The lowest BCUT2D eigenvalue weighted by atomic mass is 9.82. The Kier molecular flexibility index (Phi) is 11.4. The Morgan fingerprint density at radius 1 is 1.05 bits per heavy atom. The zero-order valence-electron chi connectivity index (χ0n) is 34.0. The molecule has 6 rings (SSSR count). The number of rotatable bonds is 8. The molecule has 2 amide bonds. The second-order valence-corrected chi connectivity index (χ2v) is 20.6. The van der Waals surface area contributed by atoms with Crippen LogP contribution in [0.25, 0.3) is 10.8 Å². The first kappa shape index (κ1) is 41.6. The number of ether oxygens (including phenoxy) is 2. The SMILES string of the molecule is CC(C)n1nc(O[C@@H]2C[C@H]3C(=O)C[C@]4(C(=O)NS(=O)(=O)C5(C)CC5)C[C@H]4/C=C\CC[C@H](C)C[C@@H](C)[C@H](CC(=O)OC(C)(C)C)C(=O)N3C2)c2ccccc2c1=O. The number of allylic oxidation sites excluding steroid dienone is 2. The van der Waals surface area contributed by atoms with Gasteiger partial charge in [-0.2, -0.15) is 0 Å². The molecule has 4 aliphatic rings. The Balaban J connectivity index is 1.38. The third-order valence-electron chi connectivity index (χ3n) is 12.2. The predicted octanol–water partition coefficient (Wildman–Crippen LogP) is 5.65. The van der Waals surface area contributed by atoms with Gasteiger partial charge >= 0.3 is 5.97 Å². The smallest absolute Gasteiger partial charge is 0.307 e. The highest BCUT2D eigenvalue weighted by molar-refractivity contribution is 7.91. The number of sulfonamides is 1. The van der Waals surface area contributed by atoms with Gasteiger partial charge in [0.15, 0.2) is 5.78 Å². The van der Waals surface area contributed by atoms with E-state index in [0.29, 0.717) is 42.9 Å². The minimum Gasteiger partial charge on any atom is -0.471 e. The van der Waals surface area contributed by atoms with E-state index in [4.69, 9.17) is 9.47 Å². The van der Waals surface area contributed by atoms with E-state index in [9.17, 15) is 32.4 Å². The molecule has 14 heteroatoms. The van der Waals surface area contributed by atoms with Crippen LogP contribution in [0.15, 0.2) is 41.2 Å². The third-order valence-corrected chi connectivity index (χ3v) is 14.3. The summed E-state index contributed by atoms with van der Waals surface area (Å²) in [6.07, 6.45) is 6.18. The zero-order chi connectivity index (χ0) is 41.0. The van der Waals surface area contributed by atoms with Crippen LogP contribution in [0.2, 0.25) is 0 Å². The molecule has 1 saturated heterocycles. The molecule has 1 aromatic heterocycles. The van der Waals surface area contributed by atoms with E-state index < -0.39 is 55.7 Å². The molecule has 0 spiro atoms. The van der Waals surface area contributed by atoms with Crippen molar-refractivity contribution in [2.75, 3.05) is 6.54 Å². The molecular weight excluding hydrogens is 737 g/mol. The molecule has 1 aromatic carbocycles. The normalized spacial score (nSPS) is 30.1. The van der Waals surface area contributed by atoms with E-state index in [1.54, 1.807) is 52.0 Å². The van der Waals surface area contributed by atoms with E-state index in [-0.39, 0.29) is 72.7 Å². The van der Waals surface area contributed by atoms with Crippen molar-refractivity contribution in [2.45, 2.75) is 142 Å². The molecule has 306 valence electrons. The van der Waals surface area contributed by atoms with E-state index in [2.05, 4.69) is 16.7 Å². The number of ketones is 1. The quantitative estimate of drug-likeness (QED) is 0.260. The topological polar surface area (TPSA) is 171 Å². The number of esters is 1. The molecule has 2 aromatic rings. The molecule has 2 saturated carbocycles. The minimum absolute atomic E-state index is 0.00555. The molecule has 56 heavy (non-hydrogen) atoms. The monoisotopic (exact) mass is 794 g/mol. The van der Waals surface area contributed by atoms with Crippen molar-refractivity contribution in [3.8, 4) is 5.88 Å². The summed E-state index contributed by atoms with van der Waals surface area (Å²) in [6, 6.07) is 5.68. The average molecular weight is 795 g/mol. The number of carbonyl (C=O) groups is 4. The largest absolute Gasteiger partial charge is 0.471 e. The Hall–Kier alpha value is -4.07. The van der Waals surface area contributed by atoms with Gasteiger partial charge in [0, 0.05) is 12.8 Å².